The lowest BCUT2D eigenvalue weighted by molar-refractivity contribution is 0.0752. The zero-order valence-corrected chi connectivity index (χ0v) is 15.6. The molecule has 1 saturated heterocycles. The maximum Gasteiger partial charge on any atom is 0.254 e. The summed E-state index contributed by atoms with van der Waals surface area (Å²) in [5.41, 5.74) is 1.62. The van der Waals surface area contributed by atoms with Gasteiger partial charge >= 0.3 is 0 Å². The average molecular weight is 373 g/mol. The number of carbonyl (C=O) groups excluding carboxylic acids is 1. The third-order valence-corrected chi connectivity index (χ3v) is 6.24. The molecule has 2 heterocycles. The molecule has 1 aromatic carbocycles. The topological polar surface area (TPSA) is 79.4 Å². The number of nitrogens with one attached hydrogen (secondary N) is 1. The van der Waals surface area contributed by atoms with Crippen LogP contribution in [0.1, 0.15) is 29.3 Å². The molecule has 7 heteroatoms. The lowest BCUT2D eigenvalue weighted by Gasteiger charge is -2.21. The van der Waals surface area contributed by atoms with Crippen LogP contribution in [0.5, 0.6) is 0 Å². The predicted molar refractivity (Wildman–Crippen MR) is 102 cm³/mol. The van der Waals surface area contributed by atoms with E-state index in [1.807, 2.05) is 37.3 Å². The summed E-state index contributed by atoms with van der Waals surface area (Å²) in [7, 11) is -2.96. The van der Waals surface area contributed by atoms with E-state index in [1.54, 1.807) is 23.2 Å². The summed E-state index contributed by atoms with van der Waals surface area (Å²) in [6, 6.07) is 13.1. The molecule has 6 nitrogen and oxygen atoms in total. The van der Waals surface area contributed by atoms with Gasteiger partial charge in [-0.1, -0.05) is 30.3 Å². The number of nitrogens with zero attached hydrogens (tertiary/aromatic N) is 2. The molecule has 0 radical (unpaired) electrons. The fourth-order valence-corrected chi connectivity index (χ4v) is 4.75. The van der Waals surface area contributed by atoms with Crippen LogP contribution in [0.25, 0.3) is 0 Å². The van der Waals surface area contributed by atoms with Crippen LogP contribution in [0.4, 0.5) is 5.82 Å². The molecule has 0 saturated carbocycles. The van der Waals surface area contributed by atoms with Crippen molar-refractivity contribution in [2.75, 3.05) is 23.4 Å². The van der Waals surface area contributed by atoms with E-state index in [-0.39, 0.29) is 23.5 Å². The number of rotatable bonds is 6. The number of hydrogen-bond donors (Lipinski definition) is 1. The number of aromatic nitrogens is 1. The second kappa shape index (κ2) is 7.86. The van der Waals surface area contributed by atoms with E-state index in [4.69, 9.17) is 0 Å². The lowest BCUT2D eigenvalue weighted by Crippen LogP contribution is -2.30. The first-order chi connectivity index (χ1) is 12.5. The molecule has 0 bridgehead atoms. The van der Waals surface area contributed by atoms with Gasteiger partial charge in [-0.2, -0.15) is 0 Å². The Hall–Kier alpha value is -2.41. The molecule has 1 aliphatic heterocycles. The number of benzene rings is 1. The Labute approximate surface area is 154 Å². The molecule has 1 unspecified atom stereocenters. The second-order valence-electron chi connectivity index (χ2n) is 6.48. The van der Waals surface area contributed by atoms with Crippen molar-refractivity contribution < 1.29 is 13.2 Å². The Bertz CT molecular complexity index is 869. The van der Waals surface area contributed by atoms with E-state index in [2.05, 4.69) is 10.3 Å². The quantitative estimate of drug-likeness (QED) is 0.841. The smallest absolute Gasteiger partial charge is 0.254 e. The fourth-order valence-electron chi connectivity index (χ4n) is 3.07. The van der Waals surface area contributed by atoms with Gasteiger partial charge in [-0.3, -0.25) is 4.79 Å². The van der Waals surface area contributed by atoms with Crippen LogP contribution in [-0.2, 0) is 16.4 Å². The van der Waals surface area contributed by atoms with E-state index < -0.39 is 9.84 Å². The number of anilines is 1. The first-order valence-electron chi connectivity index (χ1n) is 8.73. The van der Waals surface area contributed by atoms with Gasteiger partial charge in [0.2, 0.25) is 0 Å². The Kier molecular flexibility index (Phi) is 5.56. The van der Waals surface area contributed by atoms with Crippen molar-refractivity contribution in [3.8, 4) is 0 Å². The first kappa shape index (κ1) is 18.4. The number of carbonyl (C=O) groups is 1. The Morgan fingerprint density at radius 2 is 2.04 bits per heavy atom. The predicted octanol–water partition coefficient (Wildman–Crippen LogP) is 2.34. The first-order valence-corrected chi connectivity index (χ1v) is 10.5. The van der Waals surface area contributed by atoms with Crippen molar-refractivity contribution in [3.63, 3.8) is 0 Å². The van der Waals surface area contributed by atoms with Gasteiger partial charge in [-0.05, 0) is 31.0 Å². The summed E-state index contributed by atoms with van der Waals surface area (Å²) in [5, 5.41) is 3.14. The Balaban J connectivity index is 1.70. The van der Waals surface area contributed by atoms with E-state index in [0.29, 0.717) is 30.9 Å². The van der Waals surface area contributed by atoms with Gasteiger partial charge in [0, 0.05) is 30.9 Å². The SMILES string of the molecule is CCN(Cc1ccccc1)C(=O)c1ccnc(NC2CCS(=O)(=O)C2)c1. The molecule has 1 N–H and O–H groups in total. The molecule has 2 aromatic rings. The van der Waals surface area contributed by atoms with Gasteiger partial charge in [-0.15, -0.1) is 0 Å². The van der Waals surface area contributed by atoms with Crippen molar-refractivity contribution in [1.82, 2.24) is 9.88 Å². The molecule has 1 amide bonds. The van der Waals surface area contributed by atoms with Crippen LogP contribution in [0.3, 0.4) is 0 Å². The number of hydrogen-bond acceptors (Lipinski definition) is 5. The van der Waals surface area contributed by atoms with E-state index in [1.165, 1.54) is 0 Å². The summed E-state index contributed by atoms with van der Waals surface area (Å²) >= 11 is 0. The highest BCUT2D eigenvalue weighted by molar-refractivity contribution is 7.91. The number of pyridine rings is 1. The van der Waals surface area contributed by atoms with Crippen LogP contribution < -0.4 is 5.32 Å². The largest absolute Gasteiger partial charge is 0.366 e. The van der Waals surface area contributed by atoms with Crippen LogP contribution in [0.15, 0.2) is 48.7 Å². The molecule has 1 aliphatic rings. The minimum atomic E-state index is -2.96. The highest BCUT2D eigenvalue weighted by Crippen LogP contribution is 2.18. The van der Waals surface area contributed by atoms with Crippen molar-refractivity contribution >= 4 is 21.6 Å². The lowest BCUT2D eigenvalue weighted by atomic mass is 10.1. The van der Waals surface area contributed by atoms with Gasteiger partial charge in [0.05, 0.1) is 11.5 Å². The molecule has 26 heavy (non-hydrogen) atoms. The van der Waals surface area contributed by atoms with Crippen molar-refractivity contribution in [2.45, 2.75) is 25.9 Å². The van der Waals surface area contributed by atoms with Crippen LogP contribution in [0, 0.1) is 0 Å². The van der Waals surface area contributed by atoms with Crippen molar-refractivity contribution in [3.05, 3.63) is 59.8 Å². The standard InChI is InChI=1S/C19H23N3O3S/c1-2-22(13-15-6-4-3-5-7-15)19(23)16-8-10-20-18(12-16)21-17-9-11-26(24,25)14-17/h3-8,10,12,17H,2,9,11,13-14H2,1H3,(H,20,21). The molecular weight excluding hydrogens is 350 g/mol. The highest BCUT2D eigenvalue weighted by Gasteiger charge is 2.28. The molecule has 0 spiro atoms. The molecule has 3 rings (SSSR count). The second-order valence-corrected chi connectivity index (χ2v) is 8.71. The van der Waals surface area contributed by atoms with Crippen LogP contribution in [-0.4, -0.2) is 48.3 Å². The molecule has 1 atom stereocenters. The highest BCUT2D eigenvalue weighted by atomic mass is 32.2. The summed E-state index contributed by atoms with van der Waals surface area (Å²) in [5.74, 6) is 0.779. The number of amides is 1. The van der Waals surface area contributed by atoms with E-state index in [0.717, 1.165) is 5.56 Å². The van der Waals surface area contributed by atoms with Gasteiger partial charge < -0.3 is 10.2 Å². The van der Waals surface area contributed by atoms with Gasteiger partial charge in [-0.25, -0.2) is 13.4 Å². The average Bonchev–Trinajstić information content (AvgIpc) is 2.98. The van der Waals surface area contributed by atoms with Gasteiger partial charge in [0.15, 0.2) is 9.84 Å². The Morgan fingerprint density at radius 1 is 1.27 bits per heavy atom. The molecular formula is C19H23N3O3S. The summed E-state index contributed by atoms with van der Waals surface area (Å²) in [4.78, 5) is 18.8. The fraction of sp³-hybridized carbons (Fsp3) is 0.368. The molecule has 1 aromatic heterocycles. The minimum absolute atomic E-state index is 0.0687. The molecule has 1 fully saturated rings. The zero-order chi connectivity index (χ0) is 18.6. The van der Waals surface area contributed by atoms with Crippen molar-refractivity contribution in [1.29, 1.82) is 0 Å². The number of sulfone groups is 1. The van der Waals surface area contributed by atoms with Crippen LogP contribution >= 0.6 is 0 Å². The maximum absolute atomic E-state index is 12.8. The van der Waals surface area contributed by atoms with E-state index >= 15 is 0 Å². The van der Waals surface area contributed by atoms with Crippen molar-refractivity contribution in [2.24, 2.45) is 0 Å². The third kappa shape index (κ3) is 4.60. The molecule has 138 valence electrons. The third-order valence-electron chi connectivity index (χ3n) is 4.48. The molecule has 0 aliphatic carbocycles. The zero-order valence-electron chi connectivity index (χ0n) is 14.8. The minimum Gasteiger partial charge on any atom is -0.366 e. The normalized spacial score (nSPS) is 18.4. The van der Waals surface area contributed by atoms with Crippen LogP contribution in [0.2, 0.25) is 0 Å². The maximum atomic E-state index is 12.8. The summed E-state index contributed by atoms with van der Waals surface area (Å²) in [6.07, 6.45) is 2.15. The van der Waals surface area contributed by atoms with Gasteiger partial charge in [0.1, 0.15) is 5.82 Å². The van der Waals surface area contributed by atoms with Gasteiger partial charge in [0.25, 0.3) is 5.91 Å². The summed E-state index contributed by atoms with van der Waals surface area (Å²) in [6.45, 7) is 3.09. The Morgan fingerprint density at radius 3 is 2.69 bits per heavy atom. The monoisotopic (exact) mass is 373 g/mol. The van der Waals surface area contributed by atoms with E-state index in [9.17, 15) is 13.2 Å². The summed E-state index contributed by atoms with van der Waals surface area (Å²) < 4.78 is 23.2.